The van der Waals surface area contributed by atoms with Crippen LogP contribution >= 0.6 is 11.3 Å². The van der Waals surface area contributed by atoms with Crippen LogP contribution in [0.5, 0.6) is 0 Å². The number of anilines is 1. The summed E-state index contributed by atoms with van der Waals surface area (Å²) in [6.45, 7) is 3.88. The van der Waals surface area contributed by atoms with E-state index in [9.17, 15) is 4.79 Å². The van der Waals surface area contributed by atoms with Crippen molar-refractivity contribution in [3.05, 3.63) is 34.6 Å². The van der Waals surface area contributed by atoms with E-state index in [1.807, 2.05) is 24.3 Å². The monoisotopic (exact) mass is 261 g/mol. The minimum atomic E-state index is -0.114. The molecule has 0 unspecified atom stereocenters. The van der Waals surface area contributed by atoms with E-state index in [0.717, 1.165) is 47.8 Å². The second-order valence-corrected chi connectivity index (χ2v) is 5.40. The second-order valence-electron chi connectivity index (χ2n) is 4.39. The molecule has 5 heteroatoms. The zero-order chi connectivity index (χ0) is 12.4. The van der Waals surface area contributed by atoms with E-state index in [1.165, 1.54) is 0 Å². The van der Waals surface area contributed by atoms with E-state index in [2.05, 4.69) is 15.2 Å². The van der Waals surface area contributed by atoms with Gasteiger partial charge in [-0.3, -0.25) is 4.79 Å². The van der Waals surface area contributed by atoms with Gasteiger partial charge in [-0.15, -0.1) is 0 Å². The van der Waals surface area contributed by atoms with Crippen molar-refractivity contribution in [1.82, 2.24) is 10.3 Å². The number of nitrogens with one attached hydrogen (secondary N) is 1. The normalized spacial score (nSPS) is 16.8. The Kier molecular flexibility index (Phi) is 3.25. The van der Waals surface area contributed by atoms with Gasteiger partial charge in [0.15, 0.2) is 5.13 Å². The molecule has 1 aliphatic heterocycles. The van der Waals surface area contributed by atoms with Gasteiger partial charge in [-0.1, -0.05) is 23.5 Å². The molecule has 3 rings (SSSR count). The molecule has 0 saturated carbocycles. The lowest BCUT2D eigenvalue weighted by atomic mass is 10.3. The van der Waals surface area contributed by atoms with Gasteiger partial charge in [0.1, 0.15) is 0 Å². The highest BCUT2D eigenvalue weighted by atomic mass is 32.1. The summed E-state index contributed by atoms with van der Waals surface area (Å²) in [4.78, 5) is 18.4. The molecule has 2 heterocycles. The lowest BCUT2D eigenvalue weighted by Crippen LogP contribution is -2.29. The Morgan fingerprint density at radius 1 is 1.22 bits per heavy atom. The van der Waals surface area contributed by atoms with E-state index in [1.54, 1.807) is 11.3 Å². The van der Waals surface area contributed by atoms with Gasteiger partial charge in [0.2, 0.25) is 0 Å². The molecule has 4 nitrogen and oxygen atoms in total. The molecule has 1 aliphatic rings. The summed E-state index contributed by atoms with van der Waals surface area (Å²) in [7, 11) is 0. The first-order chi connectivity index (χ1) is 8.84. The summed E-state index contributed by atoms with van der Waals surface area (Å²) >= 11 is 1.60. The van der Waals surface area contributed by atoms with Crippen molar-refractivity contribution in [3.63, 3.8) is 0 Å². The third-order valence-electron chi connectivity index (χ3n) is 3.13. The van der Waals surface area contributed by atoms with Crippen LogP contribution in [-0.4, -0.2) is 31.2 Å². The third-order valence-corrected chi connectivity index (χ3v) is 4.23. The number of hydrogen-bond donors (Lipinski definition) is 1. The number of hydrogen-bond acceptors (Lipinski definition) is 5. The highest BCUT2D eigenvalue weighted by Gasteiger charge is 2.13. The average molecular weight is 261 g/mol. The van der Waals surface area contributed by atoms with E-state index in [4.69, 9.17) is 0 Å². The average Bonchev–Trinajstić information content (AvgIpc) is 2.67. The maximum absolute atomic E-state index is 12.0. The molecule has 0 aliphatic carbocycles. The van der Waals surface area contributed by atoms with Crippen molar-refractivity contribution in [2.75, 3.05) is 31.1 Å². The Balaban J connectivity index is 2.04. The molecule has 0 spiro atoms. The topological polar surface area (TPSA) is 45.2 Å². The third kappa shape index (κ3) is 2.23. The molecule has 0 amide bonds. The predicted octanol–water partition coefficient (Wildman–Crippen LogP) is 1.46. The first-order valence-corrected chi connectivity index (χ1v) is 7.02. The minimum absolute atomic E-state index is 0.114. The van der Waals surface area contributed by atoms with Crippen molar-refractivity contribution in [3.8, 4) is 0 Å². The van der Waals surface area contributed by atoms with Gasteiger partial charge in [-0.05, 0) is 25.1 Å². The van der Waals surface area contributed by atoms with Gasteiger partial charge in [0, 0.05) is 24.3 Å². The van der Waals surface area contributed by atoms with Crippen molar-refractivity contribution in [2.24, 2.45) is 0 Å². The molecule has 1 aromatic heterocycles. The predicted molar refractivity (Wildman–Crippen MR) is 75.6 cm³/mol. The van der Waals surface area contributed by atoms with Crippen LogP contribution in [0, 0.1) is 0 Å². The van der Waals surface area contributed by atoms with Crippen LogP contribution in [0.3, 0.4) is 0 Å². The Morgan fingerprint density at radius 3 is 3.06 bits per heavy atom. The molecule has 0 radical (unpaired) electrons. The van der Waals surface area contributed by atoms with Crippen molar-refractivity contribution >= 4 is 26.6 Å². The van der Waals surface area contributed by atoms with E-state index >= 15 is 0 Å². The van der Waals surface area contributed by atoms with Gasteiger partial charge < -0.3 is 10.2 Å². The van der Waals surface area contributed by atoms with E-state index in [-0.39, 0.29) is 5.56 Å². The molecule has 1 saturated heterocycles. The van der Waals surface area contributed by atoms with Crippen LogP contribution in [0.15, 0.2) is 29.1 Å². The fourth-order valence-corrected chi connectivity index (χ4v) is 3.22. The summed E-state index contributed by atoms with van der Waals surface area (Å²) in [6, 6.07) is 7.68. The van der Waals surface area contributed by atoms with Gasteiger partial charge in [-0.25, -0.2) is 0 Å². The number of benzene rings is 1. The van der Waals surface area contributed by atoms with E-state index in [0.29, 0.717) is 0 Å². The molecule has 2 aromatic rings. The minimum Gasteiger partial charge on any atom is -0.347 e. The van der Waals surface area contributed by atoms with Crippen molar-refractivity contribution < 1.29 is 0 Å². The SMILES string of the molecule is O=c1nc(N2CCCNCC2)sc2ccccc12. The van der Waals surface area contributed by atoms with Gasteiger partial charge >= 0.3 is 0 Å². The molecule has 18 heavy (non-hydrogen) atoms. The molecule has 0 atom stereocenters. The van der Waals surface area contributed by atoms with Crippen molar-refractivity contribution in [2.45, 2.75) is 6.42 Å². The van der Waals surface area contributed by atoms with Gasteiger partial charge in [0.05, 0.1) is 5.39 Å². The number of fused-ring (bicyclic) bond motifs is 1. The largest absolute Gasteiger partial charge is 0.347 e. The lowest BCUT2D eigenvalue weighted by Gasteiger charge is -2.19. The Hall–Kier alpha value is -1.46. The van der Waals surface area contributed by atoms with Crippen LogP contribution in [0.1, 0.15) is 6.42 Å². The van der Waals surface area contributed by atoms with E-state index < -0.39 is 0 Å². The highest BCUT2D eigenvalue weighted by molar-refractivity contribution is 7.21. The summed E-state index contributed by atoms with van der Waals surface area (Å²) in [5, 5.41) is 4.93. The summed E-state index contributed by atoms with van der Waals surface area (Å²) in [6.07, 6.45) is 1.09. The second kappa shape index (κ2) is 5.04. The van der Waals surface area contributed by atoms with Crippen LogP contribution in [0.25, 0.3) is 10.1 Å². The van der Waals surface area contributed by atoms with Crippen LogP contribution in [0.4, 0.5) is 5.13 Å². The zero-order valence-corrected chi connectivity index (χ0v) is 10.9. The maximum Gasteiger partial charge on any atom is 0.281 e. The summed E-state index contributed by atoms with van der Waals surface area (Å²) < 4.78 is 1.02. The summed E-state index contributed by atoms with van der Waals surface area (Å²) in [5.74, 6) is 0. The molecular formula is C13H15N3OS. The highest BCUT2D eigenvalue weighted by Crippen LogP contribution is 2.23. The first kappa shape index (κ1) is 11.6. The standard InChI is InChI=1S/C13H15N3OS/c17-12-10-4-1-2-5-11(10)18-13(15-12)16-8-3-6-14-7-9-16/h1-2,4-5,14H,3,6-9H2. The van der Waals surface area contributed by atoms with Crippen LogP contribution in [0.2, 0.25) is 0 Å². The maximum atomic E-state index is 12.0. The van der Waals surface area contributed by atoms with Crippen LogP contribution in [-0.2, 0) is 0 Å². The Morgan fingerprint density at radius 2 is 2.11 bits per heavy atom. The molecule has 1 N–H and O–H groups in total. The first-order valence-electron chi connectivity index (χ1n) is 6.20. The molecule has 1 aromatic carbocycles. The van der Waals surface area contributed by atoms with Crippen molar-refractivity contribution in [1.29, 1.82) is 0 Å². The smallest absolute Gasteiger partial charge is 0.281 e. The fourth-order valence-electron chi connectivity index (χ4n) is 2.17. The van der Waals surface area contributed by atoms with Crippen LogP contribution < -0.4 is 15.8 Å². The van der Waals surface area contributed by atoms with Gasteiger partial charge in [-0.2, -0.15) is 4.98 Å². The fraction of sp³-hybridized carbons (Fsp3) is 0.385. The Bertz CT molecular complexity index is 602. The molecule has 1 fully saturated rings. The summed E-state index contributed by atoms with van der Waals surface area (Å²) in [5.41, 5.74) is -0.114. The molecular weight excluding hydrogens is 246 g/mol. The Labute approximate surface area is 109 Å². The molecule has 94 valence electrons. The quantitative estimate of drug-likeness (QED) is 0.844. The number of rotatable bonds is 1. The van der Waals surface area contributed by atoms with Gasteiger partial charge in [0.25, 0.3) is 5.56 Å². The lowest BCUT2D eigenvalue weighted by molar-refractivity contribution is 0.724. The number of aromatic nitrogens is 1. The molecule has 0 bridgehead atoms. The zero-order valence-electron chi connectivity index (χ0n) is 10.1. The number of nitrogens with zero attached hydrogens (tertiary/aromatic N) is 2.